The number of nitrogens with two attached hydrogens (primary N) is 2. The van der Waals surface area contributed by atoms with E-state index in [0.717, 1.165) is 12.8 Å². The van der Waals surface area contributed by atoms with Crippen LogP contribution in [0.1, 0.15) is 12.8 Å². The quantitative estimate of drug-likeness (QED) is 0.728. The zero-order chi connectivity index (χ0) is 12.6. The van der Waals surface area contributed by atoms with Gasteiger partial charge in [0.1, 0.15) is 5.02 Å². The van der Waals surface area contributed by atoms with Crippen molar-refractivity contribution >= 4 is 28.7 Å². The summed E-state index contributed by atoms with van der Waals surface area (Å²) in [5, 5.41) is 2.93. The third-order valence-electron chi connectivity index (χ3n) is 3.04. The molecule has 0 aliphatic heterocycles. The molecule has 1 saturated carbocycles. The molecular formula is C11H15ClFN3O. The van der Waals surface area contributed by atoms with Crippen molar-refractivity contribution in [2.24, 2.45) is 0 Å². The van der Waals surface area contributed by atoms with Crippen LogP contribution in [0.2, 0.25) is 5.02 Å². The molecule has 1 fully saturated rings. The highest BCUT2D eigenvalue weighted by Crippen LogP contribution is 2.36. The Kier molecular flexibility index (Phi) is 3.31. The first kappa shape index (κ1) is 12.3. The minimum Gasteiger partial charge on any atom is -0.397 e. The molecule has 4 nitrogen and oxygen atoms in total. The zero-order valence-corrected chi connectivity index (χ0v) is 10.2. The number of rotatable bonds is 3. The van der Waals surface area contributed by atoms with Crippen molar-refractivity contribution < 1.29 is 9.13 Å². The molecule has 0 atom stereocenters. The molecule has 1 aromatic rings. The Morgan fingerprint density at radius 1 is 1.41 bits per heavy atom. The van der Waals surface area contributed by atoms with Gasteiger partial charge in [0, 0.05) is 13.2 Å². The number of methoxy groups -OCH3 is 1. The van der Waals surface area contributed by atoms with E-state index in [0.29, 0.717) is 0 Å². The van der Waals surface area contributed by atoms with E-state index in [1.165, 1.54) is 6.07 Å². The lowest BCUT2D eigenvalue weighted by atomic mass is 9.89. The lowest BCUT2D eigenvalue weighted by molar-refractivity contribution is 0.0328. The summed E-state index contributed by atoms with van der Waals surface area (Å²) in [5.74, 6) is -0.593. The van der Waals surface area contributed by atoms with Gasteiger partial charge in [-0.15, -0.1) is 0 Å². The number of nitrogen functional groups attached to an aromatic ring is 2. The van der Waals surface area contributed by atoms with Crippen molar-refractivity contribution in [2.45, 2.75) is 25.0 Å². The fourth-order valence-electron chi connectivity index (χ4n) is 1.89. The van der Waals surface area contributed by atoms with Crippen molar-refractivity contribution in [1.29, 1.82) is 0 Å². The van der Waals surface area contributed by atoms with E-state index in [9.17, 15) is 4.39 Å². The van der Waals surface area contributed by atoms with Crippen molar-refractivity contribution in [3.8, 4) is 0 Å². The van der Waals surface area contributed by atoms with Gasteiger partial charge < -0.3 is 21.5 Å². The van der Waals surface area contributed by atoms with Gasteiger partial charge in [-0.1, -0.05) is 11.6 Å². The van der Waals surface area contributed by atoms with Crippen LogP contribution in [-0.2, 0) is 4.74 Å². The standard InChI is InChI=1S/C11H15ClFN3O/c1-17-6-2-5(3-6)16-11-8(15)4-7(14)9(12)10(11)13/h4-6,16H,2-3,14-15H2,1H3. The maximum atomic E-state index is 13.8. The minimum atomic E-state index is -0.593. The smallest absolute Gasteiger partial charge is 0.169 e. The van der Waals surface area contributed by atoms with Crippen molar-refractivity contribution in [3.05, 3.63) is 16.9 Å². The molecule has 0 radical (unpaired) electrons. The van der Waals surface area contributed by atoms with Gasteiger partial charge >= 0.3 is 0 Å². The van der Waals surface area contributed by atoms with Crippen LogP contribution in [0, 0.1) is 5.82 Å². The maximum absolute atomic E-state index is 13.8. The molecule has 2 rings (SSSR count). The van der Waals surface area contributed by atoms with Gasteiger partial charge in [-0.2, -0.15) is 0 Å². The SMILES string of the molecule is COC1CC(Nc2c(N)cc(N)c(Cl)c2F)C1. The summed E-state index contributed by atoms with van der Waals surface area (Å²) in [6.07, 6.45) is 1.90. The molecule has 0 spiro atoms. The van der Waals surface area contributed by atoms with Gasteiger partial charge in [0.15, 0.2) is 5.82 Å². The Morgan fingerprint density at radius 3 is 2.65 bits per heavy atom. The molecule has 6 heteroatoms. The zero-order valence-electron chi connectivity index (χ0n) is 9.47. The monoisotopic (exact) mass is 259 g/mol. The second-order valence-corrected chi connectivity index (χ2v) is 4.61. The average molecular weight is 260 g/mol. The van der Waals surface area contributed by atoms with Gasteiger partial charge in [-0.05, 0) is 18.9 Å². The van der Waals surface area contributed by atoms with Crippen LogP contribution in [0.3, 0.4) is 0 Å². The normalized spacial score (nSPS) is 23.2. The van der Waals surface area contributed by atoms with E-state index in [1.54, 1.807) is 7.11 Å². The average Bonchev–Trinajstić information content (AvgIpc) is 2.23. The second kappa shape index (κ2) is 4.58. The third-order valence-corrected chi connectivity index (χ3v) is 3.43. The van der Waals surface area contributed by atoms with Crippen LogP contribution in [-0.4, -0.2) is 19.3 Å². The predicted octanol–water partition coefficient (Wildman–Crippen LogP) is 2.23. The molecule has 1 aliphatic rings. The lowest BCUT2D eigenvalue weighted by Crippen LogP contribution is -2.40. The predicted molar refractivity (Wildman–Crippen MR) is 67.7 cm³/mol. The topological polar surface area (TPSA) is 73.3 Å². The van der Waals surface area contributed by atoms with Gasteiger partial charge in [-0.25, -0.2) is 4.39 Å². The maximum Gasteiger partial charge on any atom is 0.169 e. The Balaban J connectivity index is 2.14. The largest absolute Gasteiger partial charge is 0.397 e. The lowest BCUT2D eigenvalue weighted by Gasteiger charge is -2.35. The first-order valence-corrected chi connectivity index (χ1v) is 5.73. The Hall–Kier alpha value is -1.20. The van der Waals surface area contributed by atoms with Crippen LogP contribution in [0.4, 0.5) is 21.5 Å². The van der Waals surface area contributed by atoms with E-state index in [1.807, 2.05) is 0 Å². The second-order valence-electron chi connectivity index (χ2n) is 4.23. The van der Waals surface area contributed by atoms with Gasteiger partial charge in [0.2, 0.25) is 0 Å². The number of nitrogens with one attached hydrogen (secondary N) is 1. The molecule has 0 saturated heterocycles. The van der Waals surface area contributed by atoms with Crippen molar-refractivity contribution in [2.75, 3.05) is 23.9 Å². The van der Waals surface area contributed by atoms with E-state index >= 15 is 0 Å². The summed E-state index contributed by atoms with van der Waals surface area (Å²) in [6.45, 7) is 0. The highest BCUT2D eigenvalue weighted by Gasteiger charge is 2.30. The Bertz CT molecular complexity index is 435. The summed E-state index contributed by atoms with van der Waals surface area (Å²) >= 11 is 5.74. The summed E-state index contributed by atoms with van der Waals surface area (Å²) in [6, 6.07) is 1.62. The summed E-state index contributed by atoms with van der Waals surface area (Å²) in [4.78, 5) is 0. The molecule has 0 aromatic heterocycles. The highest BCUT2D eigenvalue weighted by molar-refractivity contribution is 6.33. The van der Waals surface area contributed by atoms with Crippen molar-refractivity contribution in [3.63, 3.8) is 0 Å². The van der Waals surface area contributed by atoms with Gasteiger partial charge in [0.05, 0.1) is 23.2 Å². The number of halogens is 2. The number of benzene rings is 1. The molecule has 0 unspecified atom stereocenters. The van der Waals surface area contributed by atoms with Gasteiger partial charge in [-0.3, -0.25) is 0 Å². The number of hydrogen-bond acceptors (Lipinski definition) is 4. The molecule has 0 heterocycles. The van der Waals surface area contributed by atoms with Crippen molar-refractivity contribution in [1.82, 2.24) is 0 Å². The highest BCUT2D eigenvalue weighted by atomic mass is 35.5. The first-order valence-electron chi connectivity index (χ1n) is 5.35. The fourth-order valence-corrected chi connectivity index (χ4v) is 2.04. The minimum absolute atomic E-state index is 0.0932. The molecule has 1 aromatic carbocycles. The van der Waals surface area contributed by atoms with Crippen LogP contribution >= 0.6 is 11.6 Å². The van der Waals surface area contributed by atoms with Crippen LogP contribution in [0.15, 0.2) is 6.07 Å². The number of ether oxygens (including phenoxy) is 1. The molecule has 17 heavy (non-hydrogen) atoms. The van der Waals surface area contributed by atoms with E-state index in [-0.39, 0.29) is 34.2 Å². The summed E-state index contributed by atoms with van der Waals surface area (Å²) in [5.41, 5.74) is 11.9. The Morgan fingerprint density at radius 2 is 2.06 bits per heavy atom. The van der Waals surface area contributed by atoms with Crippen LogP contribution in [0.5, 0.6) is 0 Å². The van der Waals surface area contributed by atoms with E-state index < -0.39 is 5.82 Å². The first-order chi connectivity index (χ1) is 8.02. The fraction of sp³-hybridized carbons (Fsp3) is 0.455. The van der Waals surface area contributed by atoms with Gasteiger partial charge in [0.25, 0.3) is 0 Å². The molecular weight excluding hydrogens is 245 g/mol. The third kappa shape index (κ3) is 2.25. The Labute approximate surface area is 104 Å². The van der Waals surface area contributed by atoms with Crippen LogP contribution < -0.4 is 16.8 Å². The molecule has 5 N–H and O–H groups in total. The summed E-state index contributed by atoms with van der Waals surface area (Å²) < 4.78 is 19.0. The number of anilines is 3. The number of hydrogen-bond donors (Lipinski definition) is 3. The molecule has 0 amide bonds. The van der Waals surface area contributed by atoms with Crippen LogP contribution in [0.25, 0.3) is 0 Å². The molecule has 94 valence electrons. The summed E-state index contributed by atoms with van der Waals surface area (Å²) in [7, 11) is 1.66. The molecule has 1 aliphatic carbocycles. The van der Waals surface area contributed by atoms with E-state index in [2.05, 4.69) is 5.32 Å². The van der Waals surface area contributed by atoms with E-state index in [4.69, 9.17) is 27.8 Å². The molecule has 0 bridgehead atoms.